The van der Waals surface area contributed by atoms with E-state index in [-0.39, 0.29) is 18.3 Å². The Morgan fingerprint density at radius 1 is 0.931 bits per heavy atom. The fourth-order valence-corrected chi connectivity index (χ4v) is 2.79. The SMILES string of the molecule is C=C1CN(c2cc(OC)c(OC)c(OC)c2)C1=O.COc1ccccc1OSF. The quantitative estimate of drug-likeness (QED) is 0.375. The lowest BCUT2D eigenvalue weighted by Crippen LogP contribution is -2.45. The van der Waals surface area contributed by atoms with E-state index in [1.165, 1.54) is 28.4 Å². The molecule has 2 aromatic carbocycles. The number of carbonyl (C=O) groups is 1. The van der Waals surface area contributed by atoms with Crippen LogP contribution in [0.15, 0.2) is 48.6 Å². The zero-order valence-corrected chi connectivity index (χ0v) is 17.4. The maximum atomic E-state index is 11.6. The number of β-lactam (4-membered cyclic amide) rings is 1. The summed E-state index contributed by atoms with van der Waals surface area (Å²) in [5.41, 5.74) is 1.31. The standard InChI is InChI=1S/C13H15NO4.C7H7FO2S/c1-8-7-14(13(8)15)9-5-10(16-2)12(18-4)11(6-9)17-3;1-9-6-4-2-3-5-7(6)10-11-8/h5-6H,1,7H2,2-4H3;2-5H,1H3. The summed E-state index contributed by atoms with van der Waals surface area (Å²) in [6, 6.07) is 10.3. The third-order valence-electron chi connectivity index (χ3n) is 4.05. The van der Waals surface area contributed by atoms with Crippen molar-refractivity contribution in [2.75, 3.05) is 39.9 Å². The van der Waals surface area contributed by atoms with Crippen molar-refractivity contribution in [1.29, 1.82) is 0 Å². The van der Waals surface area contributed by atoms with Crippen LogP contribution in [0.25, 0.3) is 0 Å². The smallest absolute Gasteiger partial charge is 0.272 e. The predicted octanol–water partition coefficient (Wildman–Crippen LogP) is 4.22. The zero-order chi connectivity index (χ0) is 21.4. The van der Waals surface area contributed by atoms with E-state index in [4.69, 9.17) is 18.9 Å². The number of para-hydroxylation sites is 2. The largest absolute Gasteiger partial charge is 0.493 e. The number of carbonyl (C=O) groups excluding carboxylic acids is 1. The third-order valence-corrected chi connectivity index (χ3v) is 4.29. The summed E-state index contributed by atoms with van der Waals surface area (Å²) < 4.78 is 36.8. The normalized spacial score (nSPS) is 12.4. The van der Waals surface area contributed by atoms with Gasteiger partial charge in [0.05, 0.1) is 40.7 Å². The van der Waals surface area contributed by atoms with E-state index in [9.17, 15) is 8.68 Å². The van der Waals surface area contributed by atoms with E-state index in [0.717, 1.165) is 0 Å². The summed E-state index contributed by atoms with van der Waals surface area (Å²) >= 11 is -0.196. The molecule has 0 radical (unpaired) electrons. The minimum atomic E-state index is -0.196. The number of amides is 1. The molecule has 0 aromatic heterocycles. The van der Waals surface area contributed by atoms with Gasteiger partial charge in [0.1, 0.15) is 0 Å². The molecule has 0 saturated carbocycles. The van der Waals surface area contributed by atoms with Gasteiger partial charge in [-0.05, 0) is 12.1 Å². The molecule has 1 heterocycles. The van der Waals surface area contributed by atoms with Crippen LogP contribution < -0.4 is 28.0 Å². The van der Waals surface area contributed by atoms with Crippen LogP contribution in [0.4, 0.5) is 9.57 Å². The van der Waals surface area contributed by atoms with Crippen molar-refractivity contribution >= 4 is 24.0 Å². The van der Waals surface area contributed by atoms with E-state index in [1.807, 2.05) is 0 Å². The second kappa shape index (κ2) is 10.5. The molecule has 7 nitrogen and oxygen atoms in total. The molecule has 1 amide bonds. The molecule has 0 unspecified atom stereocenters. The summed E-state index contributed by atoms with van der Waals surface area (Å²) in [5.74, 6) is 2.40. The first-order valence-corrected chi connectivity index (χ1v) is 9.02. The molecule has 0 N–H and O–H groups in total. The average Bonchev–Trinajstić information content (AvgIpc) is 2.77. The molecule has 1 aliphatic heterocycles. The van der Waals surface area contributed by atoms with Crippen LogP contribution in [0, 0.1) is 0 Å². The molecular formula is C20H22FNO6S. The van der Waals surface area contributed by atoms with Crippen LogP contribution in [-0.2, 0) is 4.79 Å². The van der Waals surface area contributed by atoms with Crippen molar-refractivity contribution < 1.29 is 31.8 Å². The highest BCUT2D eigenvalue weighted by atomic mass is 32.2. The Balaban J connectivity index is 0.000000234. The van der Waals surface area contributed by atoms with Gasteiger partial charge in [-0.3, -0.25) is 4.79 Å². The van der Waals surface area contributed by atoms with Crippen molar-refractivity contribution in [2.24, 2.45) is 0 Å². The topological polar surface area (TPSA) is 66.5 Å². The first-order valence-electron chi connectivity index (χ1n) is 8.38. The highest BCUT2D eigenvalue weighted by Crippen LogP contribution is 2.42. The monoisotopic (exact) mass is 423 g/mol. The number of hydrogen-bond acceptors (Lipinski definition) is 7. The zero-order valence-electron chi connectivity index (χ0n) is 16.6. The maximum absolute atomic E-state index is 11.6. The van der Waals surface area contributed by atoms with Crippen LogP contribution in [0.2, 0.25) is 0 Å². The summed E-state index contributed by atoms with van der Waals surface area (Å²) in [6.45, 7) is 4.18. The predicted molar refractivity (Wildman–Crippen MR) is 110 cm³/mol. The van der Waals surface area contributed by atoms with Crippen LogP contribution in [0.5, 0.6) is 28.7 Å². The molecular weight excluding hydrogens is 401 g/mol. The fraction of sp³-hybridized carbons (Fsp3) is 0.250. The van der Waals surface area contributed by atoms with Gasteiger partial charge in [0, 0.05) is 17.7 Å². The number of nitrogens with zero attached hydrogens (tertiary/aromatic N) is 1. The average molecular weight is 423 g/mol. The van der Waals surface area contributed by atoms with Gasteiger partial charge in [-0.15, -0.1) is 3.89 Å². The number of rotatable bonds is 7. The van der Waals surface area contributed by atoms with Crippen molar-refractivity contribution in [2.45, 2.75) is 0 Å². The van der Waals surface area contributed by atoms with Crippen molar-refractivity contribution in [1.82, 2.24) is 0 Å². The van der Waals surface area contributed by atoms with Gasteiger partial charge >= 0.3 is 0 Å². The molecule has 0 spiro atoms. The Bertz CT molecular complexity index is 851. The molecule has 3 rings (SSSR count). The van der Waals surface area contributed by atoms with Crippen molar-refractivity contribution in [3.05, 3.63) is 48.6 Å². The van der Waals surface area contributed by atoms with Gasteiger partial charge in [0.15, 0.2) is 23.0 Å². The van der Waals surface area contributed by atoms with E-state index in [0.29, 0.717) is 46.6 Å². The van der Waals surface area contributed by atoms with Gasteiger partial charge in [0.25, 0.3) is 18.3 Å². The molecule has 1 fully saturated rings. The van der Waals surface area contributed by atoms with Crippen LogP contribution in [-0.4, -0.2) is 40.9 Å². The number of methoxy groups -OCH3 is 4. The van der Waals surface area contributed by atoms with Crippen molar-refractivity contribution in [3.8, 4) is 28.7 Å². The molecule has 1 saturated heterocycles. The second-order valence-electron chi connectivity index (χ2n) is 5.68. The fourth-order valence-electron chi connectivity index (χ4n) is 2.58. The summed E-state index contributed by atoms with van der Waals surface area (Å²) in [4.78, 5) is 13.2. The lowest BCUT2D eigenvalue weighted by Gasteiger charge is -2.33. The molecule has 0 aliphatic carbocycles. The molecule has 1 aliphatic rings. The highest BCUT2D eigenvalue weighted by molar-refractivity contribution is 7.89. The van der Waals surface area contributed by atoms with Crippen LogP contribution in [0.3, 0.4) is 0 Å². The number of ether oxygens (including phenoxy) is 4. The first-order chi connectivity index (χ1) is 14.0. The Morgan fingerprint density at radius 2 is 1.48 bits per heavy atom. The van der Waals surface area contributed by atoms with E-state index >= 15 is 0 Å². The summed E-state index contributed by atoms with van der Waals surface area (Å²) in [5, 5.41) is 0. The van der Waals surface area contributed by atoms with Gasteiger partial charge in [-0.1, -0.05) is 18.7 Å². The van der Waals surface area contributed by atoms with Gasteiger partial charge in [-0.2, -0.15) is 0 Å². The first kappa shape index (κ1) is 22.2. The Morgan fingerprint density at radius 3 is 1.90 bits per heavy atom. The summed E-state index contributed by atoms with van der Waals surface area (Å²) in [7, 11) is 6.12. The van der Waals surface area contributed by atoms with E-state index < -0.39 is 0 Å². The molecule has 0 atom stereocenters. The minimum absolute atomic E-state index is 0.0794. The van der Waals surface area contributed by atoms with Gasteiger partial charge < -0.3 is 28.0 Å². The molecule has 9 heteroatoms. The second-order valence-corrected chi connectivity index (χ2v) is 5.97. The van der Waals surface area contributed by atoms with Crippen molar-refractivity contribution in [3.63, 3.8) is 0 Å². The van der Waals surface area contributed by atoms with Gasteiger partial charge in [0.2, 0.25) is 5.75 Å². The van der Waals surface area contributed by atoms with E-state index in [2.05, 4.69) is 10.8 Å². The van der Waals surface area contributed by atoms with E-state index in [1.54, 1.807) is 41.3 Å². The van der Waals surface area contributed by atoms with Gasteiger partial charge in [-0.25, -0.2) is 0 Å². The maximum Gasteiger partial charge on any atom is 0.272 e. The van der Waals surface area contributed by atoms with Crippen LogP contribution in [0.1, 0.15) is 0 Å². The highest BCUT2D eigenvalue weighted by Gasteiger charge is 2.31. The lowest BCUT2D eigenvalue weighted by atomic mass is 10.1. The minimum Gasteiger partial charge on any atom is -0.493 e. The Kier molecular flexibility index (Phi) is 8.02. The molecule has 156 valence electrons. The Labute approximate surface area is 173 Å². The summed E-state index contributed by atoms with van der Waals surface area (Å²) in [6.07, 6.45) is 0. The number of anilines is 1. The molecule has 2 aromatic rings. The number of benzene rings is 2. The third kappa shape index (κ3) is 5.05. The Hall–Kier alpha value is -3.07. The van der Waals surface area contributed by atoms with Crippen LogP contribution >= 0.6 is 12.4 Å². The lowest BCUT2D eigenvalue weighted by molar-refractivity contribution is -0.117. The number of halogens is 1. The molecule has 29 heavy (non-hydrogen) atoms. The molecule has 0 bridgehead atoms. The number of hydrogen-bond donors (Lipinski definition) is 0.